The van der Waals surface area contributed by atoms with Crippen molar-refractivity contribution in [2.45, 2.75) is 39.2 Å². The number of aromatic amines is 1. The molecular weight excluding hydrogens is 298 g/mol. The van der Waals surface area contributed by atoms with Crippen molar-refractivity contribution in [1.82, 2.24) is 15.4 Å². The van der Waals surface area contributed by atoms with Gasteiger partial charge in [-0.3, -0.25) is 0 Å². The molecule has 0 amide bonds. The van der Waals surface area contributed by atoms with Crippen molar-refractivity contribution in [2.24, 2.45) is 0 Å². The van der Waals surface area contributed by atoms with Gasteiger partial charge in [0, 0.05) is 0 Å². The van der Waals surface area contributed by atoms with Crippen LogP contribution in [0.2, 0.25) is 0 Å². The lowest BCUT2D eigenvalue weighted by Gasteiger charge is -2.18. The van der Waals surface area contributed by atoms with Crippen LogP contribution >= 0.6 is 0 Å². The molecule has 0 aliphatic carbocycles. The number of nitrogens with zero attached hydrogens (tertiary/aromatic N) is 2. The molecule has 1 aromatic heterocycles. The van der Waals surface area contributed by atoms with Gasteiger partial charge in [-0.2, -0.15) is 15.4 Å². The molecule has 1 N–H and O–H groups in total. The first-order valence-electron chi connectivity index (χ1n) is 8.38. The molecule has 0 aliphatic rings. The number of aryl methyl sites for hydroxylation is 1. The minimum Gasteiger partial charge on any atom is -0.489 e. The second-order valence-corrected chi connectivity index (χ2v) is 6.06. The SMILES string of the molecule is CCC(Cc1cn[nH]n1)c1ccc(OCc2ccccc2)cc1C. The smallest absolute Gasteiger partial charge is 0.120 e. The summed E-state index contributed by atoms with van der Waals surface area (Å²) in [5.74, 6) is 1.36. The van der Waals surface area contributed by atoms with Crippen molar-refractivity contribution in [3.63, 3.8) is 0 Å². The van der Waals surface area contributed by atoms with Gasteiger partial charge in [-0.05, 0) is 54.5 Å². The molecule has 1 unspecified atom stereocenters. The Balaban J connectivity index is 1.69. The highest BCUT2D eigenvalue weighted by molar-refractivity contribution is 5.37. The van der Waals surface area contributed by atoms with E-state index in [1.807, 2.05) is 18.2 Å². The number of benzene rings is 2. The standard InChI is InChI=1S/C20H23N3O/c1-3-17(12-18-13-21-23-22-18)20-10-9-19(11-15(20)2)24-14-16-7-5-4-6-8-16/h4-11,13,17H,3,12,14H2,1-2H3,(H,21,22,23). The van der Waals surface area contributed by atoms with Crippen molar-refractivity contribution in [1.29, 1.82) is 0 Å². The maximum atomic E-state index is 5.92. The summed E-state index contributed by atoms with van der Waals surface area (Å²) in [6, 6.07) is 16.6. The monoisotopic (exact) mass is 321 g/mol. The van der Waals surface area contributed by atoms with Crippen LogP contribution in [0.1, 0.15) is 41.6 Å². The second-order valence-electron chi connectivity index (χ2n) is 6.06. The largest absolute Gasteiger partial charge is 0.489 e. The van der Waals surface area contributed by atoms with Gasteiger partial charge in [0.1, 0.15) is 12.4 Å². The first kappa shape index (κ1) is 16.2. The third kappa shape index (κ3) is 4.02. The Morgan fingerprint density at radius 3 is 2.62 bits per heavy atom. The lowest BCUT2D eigenvalue weighted by Crippen LogP contribution is -2.05. The zero-order valence-electron chi connectivity index (χ0n) is 14.2. The highest BCUT2D eigenvalue weighted by Crippen LogP contribution is 2.29. The van der Waals surface area contributed by atoms with Crippen LogP contribution < -0.4 is 4.74 Å². The van der Waals surface area contributed by atoms with E-state index in [1.165, 1.54) is 16.7 Å². The van der Waals surface area contributed by atoms with Gasteiger partial charge in [0.05, 0.1) is 11.9 Å². The summed E-state index contributed by atoms with van der Waals surface area (Å²) >= 11 is 0. The molecule has 2 aromatic carbocycles. The highest BCUT2D eigenvalue weighted by atomic mass is 16.5. The maximum Gasteiger partial charge on any atom is 0.120 e. The fourth-order valence-corrected chi connectivity index (χ4v) is 2.99. The normalized spacial score (nSPS) is 12.1. The summed E-state index contributed by atoms with van der Waals surface area (Å²) < 4.78 is 5.92. The molecule has 3 aromatic rings. The Morgan fingerprint density at radius 1 is 1.12 bits per heavy atom. The average molecular weight is 321 g/mol. The lowest BCUT2D eigenvalue weighted by molar-refractivity contribution is 0.306. The molecule has 124 valence electrons. The summed E-state index contributed by atoms with van der Waals surface area (Å²) in [4.78, 5) is 0. The van der Waals surface area contributed by atoms with Gasteiger partial charge < -0.3 is 4.74 Å². The van der Waals surface area contributed by atoms with Crippen molar-refractivity contribution >= 4 is 0 Å². The molecule has 4 heteroatoms. The fourth-order valence-electron chi connectivity index (χ4n) is 2.99. The van der Waals surface area contributed by atoms with E-state index in [4.69, 9.17) is 4.74 Å². The number of hydrogen-bond acceptors (Lipinski definition) is 3. The number of nitrogens with one attached hydrogen (secondary N) is 1. The number of H-pyrrole nitrogens is 1. The van der Waals surface area contributed by atoms with E-state index in [0.717, 1.165) is 24.3 Å². The third-order valence-corrected chi connectivity index (χ3v) is 4.34. The van der Waals surface area contributed by atoms with Gasteiger partial charge in [-0.15, -0.1) is 0 Å². The van der Waals surface area contributed by atoms with E-state index in [2.05, 4.69) is 59.6 Å². The van der Waals surface area contributed by atoms with Gasteiger partial charge in [0.15, 0.2) is 0 Å². The lowest BCUT2D eigenvalue weighted by atomic mass is 9.89. The molecule has 0 saturated heterocycles. The molecule has 0 fully saturated rings. The Morgan fingerprint density at radius 2 is 1.96 bits per heavy atom. The topological polar surface area (TPSA) is 50.8 Å². The Labute approximate surface area is 142 Å². The van der Waals surface area contributed by atoms with Crippen LogP contribution in [0.15, 0.2) is 54.7 Å². The van der Waals surface area contributed by atoms with Gasteiger partial charge in [0.2, 0.25) is 0 Å². The van der Waals surface area contributed by atoms with E-state index in [1.54, 1.807) is 6.20 Å². The zero-order valence-corrected chi connectivity index (χ0v) is 14.2. The van der Waals surface area contributed by atoms with E-state index in [-0.39, 0.29) is 0 Å². The Kier molecular flexibility index (Phi) is 5.26. The van der Waals surface area contributed by atoms with Crippen molar-refractivity contribution < 1.29 is 4.74 Å². The minimum absolute atomic E-state index is 0.443. The molecule has 3 rings (SSSR count). The minimum atomic E-state index is 0.443. The summed E-state index contributed by atoms with van der Waals surface area (Å²) in [5, 5.41) is 10.8. The van der Waals surface area contributed by atoms with Gasteiger partial charge in [-0.1, -0.05) is 43.3 Å². The van der Waals surface area contributed by atoms with Crippen LogP contribution in [0.4, 0.5) is 0 Å². The molecule has 0 radical (unpaired) electrons. The molecule has 0 spiro atoms. The summed E-state index contributed by atoms with van der Waals surface area (Å²) in [7, 11) is 0. The molecule has 0 aliphatic heterocycles. The van der Waals surface area contributed by atoms with Gasteiger partial charge >= 0.3 is 0 Å². The summed E-state index contributed by atoms with van der Waals surface area (Å²) in [6.07, 6.45) is 3.77. The van der Waals surface area contributed by atoms with E-state index in [9.17, 15) is 0 Å². The summed E-state index contributed by atoms with van der Waals surface area (Å²) in [6.45, 7) is 4.95. The van der Waals surface area contributed by atoms with Crippen LogP contribution in [-0.4, -0.2) is 15.4 Å². The number of hydrogen-bond donors (Lipinski definition) is 1. The fraction of sp³-hybridized carbons (Fsp3) is 0.300. The quantitative estimate of drug-likeness (QED) is 0.700. The predicted molar refractivity (Wildman–Crippen MR) is 95.1 cm³/mol. The van der Waals surface area contributed by atoms with Crippen molar-refractivity contribution in [2.75, 3.05) is 0 Å². The molecule has 24 heavy (non-hydrogen) atoms. The molecule has 1 heterocycles. The van der Waals surface area contributed by atoms with Crippen molar-refractivity contribution in [3.05, 3.63) is 77.1 Å². The van der Waals surface area contributed by atoms with Crippen LogP contribution in [0, 0.1) is 6.92 Å². The average Bonchev–Trinajstić information content (AvgIpc) is 3.12. The molecule has 0 saturated carbocycles. The van der Waals surface area contributed by atoms with E-state index >= 15 is 0 Å². The van der Waals surface area contributed by atoms with Crippen LogP contribution in [0.5, 0.6) is 5.75 Å². The predicted octanol–water partition coefficient (Wildman–Crippen LogP) is 4.43. The number of ether oxygens (including phenoxy) is 1. The number of rotatable bonds is 7. The van der Waals surface area contributed by atoms with E-state index < -0.39 is 0 Å². The van der Waals surface area contributed by atoms with E-state index in [0.29, 0.717) is 12.5 Å². The molecule has 1 atom stereocenters. The summed E-state index contributed by atoms with van der Waals surface area (Å²) in [5.41, 5.74) is 4.80. The zero-order chi connectivity index (χ0) is 16.8. The molecule has 0 bridgehead atoms. The third-order valence-electron chi connectivity index (χ3n) is 4.34. The molecule has 4 nitrogen and oxygen atoms in total. The van der Waals surface area contributed by atoms with Gasteiger partial charge in [-0.25, -0.2) is 0 Å². The Hall–Kier alpha value is -2.62. The number of aromatic nitrogens is 3. The Bertz CT molecular complexity index is 754. The molecular formula is C20H23N3O. The van der Waals surface area contributed by atoms with Crippen LogP contribution in [-0.2, 0) is 13.0 Å². The highest BCUT2D eigenvalue weighted by Gasteiger charge is 2.14. The van der Waals surface area contributed by atoms with Gasteiger partial charge in [0.25, 0.3) is 0 Å². The maximum absolute atomic E-state index is 5.92. The first-order chi connectivity index (χ1) is 11.8. The van der Waals surface area contributed by atoms with Crippen molar-refractivity contribution in [3.8, 4) is 5.75 Å². The second kappa shape index (κ2) is 7.77. The van der Waals surface area contributed by atoms with Crippen LogP contribution in [0.25, 0.3) is 0 Å². The van der Waals surface area contributed by atoms with Crippen LogP contribution in [0.3, 0.4) is 0 Å². The first-order valence-corrected chi connectivity index (χ1v) is 8.38.